The zero-order valence-corrected chi connectivity index (χ0v) is 18.6. The summed E-state index contributed by atoms with van der Waals surface area (Å²) in [6.07, 6.45) is 0.649. The molecule has 0 saturated carbocycles. The molecule has 1 atom stereocenters. The van der Waals surface area contributed by atoms with Gasteiger partial charge in [0.05, 0.1) is 12.5 Å². The van der Waals surface area contributed by atoms with Crippen LogP contribution >= 0.6 is 0 Å². The summed E-state index contributed by atoms with van der Waals surface area (Å²) in [6.45, 7) is 5.66. The van der Waals surface area contributed by atoms with Crippen LogP contribution in [0.2, 0.25) is 0 Å². The number of amides is 2. The molecular formula is C24H29N3O5. The molecule has 170 valence electrons. The van der Waals surface area contributed by atoms with E-state index < -0.39 is 11.6 Å². The third kappa shape index (κ3) is 6.81. The van der Waals surface area contributed by atoms with E-state index in [1.54, 1.807) is 39.0 Å². The van der Waals surface area contributed by atoms with E-state index in [4.69, 9.17) is 15.2 Å². The number of hydrogen-bond acceptors (Lipinski definition) is 6. The van der Waals surface area contributed by atoms with Crippen molar-refractivity contribution in [3.63, 3.8) is 0 Å². The van der Waals surface area contributed by atoms with Gasteiger partial charge in [0.25, 0.3) is 0 Å². The number of fused-ring (bicyclic) bond motifs is 1. The van der Waals surface area contributed by atoms with Crippen molar-refractivity contribution in [3.05, 3.63) is 53.6 Å². The van der Waals surface area contributed by atoms with E-state index in [-0.39, 0.29) is 30.6 Å². The highest BCUT2D eigenvalue weighted by atomic mass is 16.6. The monoisotopic (exact) mass is 439 g/mol. The Hall–Kier alpha value is -3.39. The number of carbonyl (C=O) groups is 3. The Kier molecular flexibility index (Phi) is 7.15. The molecule has 2 aromatic rings. The molecule has 2 aromatic carbocycles. The van der Waals surface area contributed by atoms with Crippen molar-refractivity contribution >= 4 is 29.2 Å². The lowest BCUT2D eigenvalue weighted by atomic mass is 10.1. The maximum absolute atomic E-state index is 12.4. The van der Waals surface area contributed by atoms with Gasteiger partial charge in [-0.15, -0.1) is 0 Å². The molecule has 0 saturated heterocycles. The average molecular weight is 440 g/mol. The molecule has 0 aromatic heterocycles. The van der Waals surface area contributed by atoms with E-state index in [2.05, 4.69) is 10.6 Å². The number of benzene rings is 2. The van der Waals surface area contributed by atoms with Crippen LogP contribution in [0.4, 0.5) is 11.4 Å². The van der Waals surface area contributed by atoms with Crippen LogP contribution < -0.4 is 21.1 Å². The van der Waals surface area contributed by atoms with Gasteiger partial charge in [0, 0.05) is 23.9 Å². The van der Waals surface area contributed by atoms with Crippen LogP contribution in [0, 0.1) is 0 Å². The van der Waals surface area contributed by atoms with E-state index in [1.807, 2.05) is 24.3 Å². The van der Waals surface area contributed by atoms with Crippen LogP contribution in [0.15, 0.2) is 42.5 Å². The quantitative estimate of drug-likeness (QED) is 0.544. The van der Waals surface area contributed by atoms with Gasteiger partial charge in [0.2, 0.25) is 11.8 Å². The van der Waals surface area contributed by atoms with E-state index in [1.165, 1.54) is 0 Å². The third-order valence-corrected chi connectivity index (χ3v) is 4.72. The van der Waals surface area contributed by atoms with Crippen LogP contribution in [0.5, 0.6) is 5.75 Å². The summed E-state index contributed by atoms with van der Waals surface area (Å²) in [7, 11) is 0. The number of nitrogens with two attached hydrogens (primary N) is 1. The van der Waals surface area contributed by atoms with Gasteiger partial charge in [-0.25, -0.2) is 0 Å². The van der Waals surface area contributed by atoms with Crippen molar-refractivity contribution in [3.8, 4) is 5.75 Å². The zero-order chi connectivity index (χ0) is 23.3. The number of ether oxygens (including phenoxy) is 2. The smallest absolute Gasteiger partial charge is 0.306 e. The lowest BCUT2D eigenvalue weighted by Crippen LogP contribution is -2.36. The zero-order valence-electron chi connectivity index (χ0n) is 18.6. The molecule has 0 fully saturated rings. The highest BCUT2D eigenvalue weighted by Gasteiger charge is 2.20. The number of esters is 1. The predicted octanol–water partition coefficient (Wildman–Crippen LogP) is 3.15. The van der Waals surface area contributed by atoms with Gasteiger partial charge in [-0.1, -0.05) is 18.2 Å². The van der Waals surface area contributed by atoms with E-state index in [9.17, 15) is 14.4 Å². The van der Waals surface area contributed by atoms with Gasteiger partial charge in [-0.05, 0) is 56.5 Å². The van der Waals surface area contributed by atoms with Gasteiger partial charge >= 0.3 is 5.97 Å². The number of hydrogen-bond donors (Lipinski definition) is 3. The SMILES string of the molecule is CC(C)(C)OC(=O)CC[C@H](N)C(=O)Nc1cccc(COc2ccc3c(c2)NC(=O)C3)c1. The lowest BCUT2D eigenvalue weighted by molar-refractivity contribution is -0.155. The molecule has 1 heterocycles. The Morgan fingerprint density at radius 1 is 1.19 bits per heavy atom. The first-order valence-corrected chi connectivity index (χ1v) is 10.5. The standard InChI is InChI=1S/C24H29N3O5/c1-24(2,3)32-22(29)10-9-19(25)23(30)26-17-6-4-5-15(11-17)14-31-18-8-7-16-12-21(28)27-20(16)13-18/h4-8,11,13,19H,9-10,12,14,25H2,1-3H3,(H,26,30)(H,27,28)/t19-/m0/s1. The third-order valence-electron chi connectivity index (χ3n) is 4.72. The van der Waals surface area contributed by atoms with E-state index in [0.717, 1.165) is 16.8 Å². The molecule has 2 amide bonds. The molecule has 0 aliphatic carbocycles. The highest BCUT2D eigenvalue weighted by Crippen LogP contribution is 2.28. The molecule has 0 spiro atoms. The van der Waals surface area contributed by atoms with E-state index in [0.29, 0.717) is 24.5 Å². The summed E-state index contributed by atoms with van der Waals surface area (Å²) >= 11 is 0. The first-order valence-electron chi connectivity index (χ1n) is 10.5. The molecule has 1 aliphatic heterocycles. The van der Waals surface area contributed by atoms with Gasteiger partial charge < -0.3 is 25.8 Å². The van der Waals surface area contributed by atoms with Crippen molar-refractivity contribution in [1.82, 2.24) is 0 Å². The van der Waals surface area contributed by atoms with Crippen LogP contribution in [0.25, 0.3) is 0 Å². The molecule has 0 unspecified atom stereocenters. The number of nitrogens with one attached hydrogen (secondary N) is 2. The fourth-order valence-electron chi connectivity index (χ4n) is 3.22. The van der Waals surface area contributed by atoms with Crippen LogP contribution in [-0.2, 0) is 32.1 Å². The number of carbonyl (C=O) groups excluding carboxylic acids is 3. The Labute approximate surface area is 187 Å². The molecule has 8 heteroatoms. The van der Waals surface area contributed by atoms with Crippen LogP contribution in [0.3, 0.4) is 0 Å². The fourth-order valence-corrected chi connectivity index (χ4v) is 3.22. The minimum Gasteiger partial charge on any atom is -0.489 e. The van der Waals surface area contributed by atoms with Gasteiger partial charge in [-0.2, -0.15) is 0 Å². The second-order valence-electron chi connectivity index (χ2n) is 8.75. The lowest BCUT2D eigenvalue weighted by Gasteiger charge is -2.20. The Balaban J connectivity index is 1.50. The van der Waals surface area contributed by atoms with Crippen molar-refractivity contribution in [1.29, 1.82) is 0 Å². The van der Waals surface area contributed by atoms with Crippen molar-refractivity contribution < 1.29 is 23.9 Å². The maximum Gasteiger partial charge on any atom is 0.306 e. The summed E-state index contributed by atoms with van der Waals surface area (Å²) in [6, 6.07) is 11.9. The summed E-state index contributed by atoms with van der Waals surface area (Å²) in [5.41, 5.74) is 8.53. The van der Waals surface area contributed by atoms with E-state index >= 15 is 0 Å². The second-order valence-corrected chi connectivity index (χ2v) is 8.75. The topological polar surface area (TPSA) is 120 Å². The molecule has 4 N–H and O–H groups in total. The molecule has 1 aliphatic rings. The highest BCUT2D eigenvalue weighted by molar-refractivity contribution is 5.99. The normalized spacial score (nSPS) is 13.7. The van der Waals surface area contributed by atoms with Crippen molar-refractivity contribution in [2.45, 2.75) is 58.3 Å². The molecule has 3 rings (SSSR count). The molecule has 8 nitrogen and oxygen atoms in total. The van der Waals surface area contributed by atoms with Gasteiger partial charge in [0.1, 0.15) is 18.0 Å². The van der Waals surface area contributed by atoms with Crippen molar-refractivity contribution in [2.24, 2.45) is 5.73 Å². The summed E-state index contributed by atoms with van der Waals surface area (Å²) in [4.78, 5) is 35.7. The minimum atomic E-state index is -0.830. The predicted molar refractivity (Wildman–Crippen MR) is 121 cm³/mol. The molecule has 32 heavy (non-hydrogen) atoms. The molecule has 0 bridgehead atoms. The van der Waals surface area contributed by atoms with Crippen LogP contribution in [-0.4, -0.2) is 29.4 Å². The largest absolute Gasteiger partial charge is 0.489 e. The molecule has 0 radical (unpaired) electrons. The average Bonchev–Trinajstić information content (AvgIpc) is 3.08. The van der Waals surface area contributed by atoms with Gasteiger partial charge in [0.15, 0.2) is 0 Å². The molecular weight excluding hydrogens is 410 g/mol. The second kappa shape index (κ2) is 9.82. The summed E-state index contributed by atoms with van der Waals surface area (Å²) < 4.78 is 11.1. The van der Waals surface area contributed by atoms with Crippen molar-refractivity contribution in [2.75, 3.05) is 10.6 Å². The first kappa shape index (κ1) is 23.3. The maximum atomic E-state index is 12.4. The first-order chi connectivity index (χ1) is 15.1. The number of anilines is 2. The minimum absolute atomic E-state index is 0.0232. The fraction of sp³-hybridized carbons (Fsp3) is 0.375. The Morgan fingerprint density at radius 2 is 1.97 bits per heavy atom. The van der Waals surface area contributed by atoms with Crippen LogP contribution in [0.1, 0.15) is 44.7 Å². The summed E-state index contributed by atoms with van der Waals surface area (Å²) in [5, 5.41) is 5.57. The summed E-state index contributed by atoms with van der Waals surface area (Å²) in [5.74, 6) is -0.138. The Bertz CT molecular complexity index is 1010. The Morgan fingerprint density at radius 3 is 2.72 bits per heavy atom. The van der Waals surface area contributed by atoms with Gasteiger partial charge in [-0.3, -0.25) is 14.4 Å². The number of rotatable bonds is 8.